The molecule has 2 amide bonds. The Balaban J connectivity index is 1.51. The van der Waals surface area contributed by atoms with Crippen LogP contribution in [0.3, 0.4) is 0 Å². The Hall–Kier alpha value is -0.770. The van der Waals surface area contributed by atoms with Crippen molar-refractivity contribution in [1.29, 1.82) is 0 Å². The van der Waals surface area contributed by atoms with Crippen molar-refractivity contribution >= 4 is 6.03 Å². The van der Waals surface area contributed by atoms with Crippen molar-refractivity contribution in [2.24, 2.45) is 5.92 Å². The summed E-state index contributed by atoms with van der Waals surface area (Å²) in [4.78, 5) is 14.2. The van der Waals surface area contributed by atoms with Gasteiger partial charge in [0.2, 0.25) is 0 Å². The number of hydrogen-bond acceptors (Lipinski definition) is 2. The number of amides is 2. The summed E-state index contributed by atoms with van der Waals surface area (Å²) in [5, 5.41) is 6.60. The third-order valence-electron chi connectivity index (χ3n) is 3.97. The number of nitrogens with one attached hydrogen (secondary N) is 2. The van der Waals surface area contributed by atoms with Crippen molar-refractivity contribution in [2.75, 3.05) is 19.6 Å². The number of rotatable bonds is 5. The second-order valence-corrected chi connectivity index (χ2v) is 5.87. The van der Waals surface area contributed by atoms with Gasteiger partial charge in [0.15, 0.2) is 0 Å². The molecule has 2 aliphatic carbocycles. The molecule has 4 nitrogen and oxygen atoms in total. The number of nitrogens with zero attached hydrogens (tertiary/aromatic N) is 1. The van der Waals surface area contributed by atoms with Crippen molar-refractivity contribution in [1.82, 2.24) is 15.5 Å². The van der Waals surface area contributed by atoms with Crippen LogP contribution in [0.25, 0.3) is 0 Å². The van der Waals surface area contributed by atoms with E-state index in [9.17, 15) is 4.79 Å². The van der Waals surface area contributed by atoms with Crippen molar-refractivity contribution < 1.29 is 4.79 Å². The summed E-state index contributed by atoms with van der Waals surface area (Å²) in [5.41, 5.74) is 0. The summed E-state index contributed by atoms with van der Waals surface area (Å²) >= 11 is 0. The molecule has 1 heterocycles. The molecule has 1 saturated heterocycles. The summed E-state index contributed by atoms with van der Waals surface area (Å²) in [7, 11) is 0. The van der Waals surface area contributed by atoms with Gasteiger partial charge in [0, 0.05) is 25.2 Å². The molecule has 2 N–H and O–H groups in total. The molecular weight excluding hydrogens is 214 g/mol. The van der Waals surface area contributed by atoms with E-state index in [4.69, 9.17) is 0 Å². The third kappa shape index (κ3) is 3.35. The van der Waals surface area contributed by atoms with Crippen molar-refractivity contribution in [3.05, 3.63) is 0 Å². The van der Waals surface area contributed by atoms with Gasteiger partial charge in [0.05, 0.1) is 0 Å². The Morgan fingerprint density at radius 3 is 2.59 bits per heavy atom. The summed E-state index contributed by atoms with van der Waals surface area (Å²) in [6.07, 6.45) is 7.44. The lowest BCUT2D eigenvalue weighted by Crippen LogP contribution is -2.47. The first-order valence-corrected chi connectivity index (χ1v) is 7.10. The monoisotopic (exact) mass is 237 g/mol. The molecule has 0 bridgehead atoms. The van der Waals surface area contributed by atoms with Gasteiger partial charge >= 0.3 is 6.03 Å². The average Bonchev–Trinajstić information content (AvgIpc) is 3.22. The molecule has 0 spiro atoms. The van der Waals surface area contributed by atoms with Crippen LogP contribution in [0.15, 0.2) is 0 Å². The molecule has 4 heteroatoms. The van der Waals surface area contributed by atoms with E-state index in [-0.39, 0.29) is 6.03 Å². The third-order valence-corrected chi connectivity index (χ3v) is 3.97. The first-order valence-electron chi connectivity index (χ1n) is 7.10. The molecule has 0 radical (unpaired) electrons. The highest BCUT2D eigenvalue weighted by Crippen LogP contribution is 2.30. The fourth-order valence-electron chi connectivity index (χ4n) is 2.52. The Morgan fingerprint density at radius 2 is 2.00 bits per heavy atom. The van der Waals surface area contributed by atoms with Crippen LogP contribution in [0, 0.1) is 5.92 Å². The number of carbonyl (C=O) groups is 1. The summed E-state index contributed by atoms with van der Waals surface area (Å²) < 4.78 is 0. The molecule has 2 saturated carbocycles. The zero-order valence-corrected chi connectivity index (χ0v) is 10.5. The van der Waals surface area contributed by atoms with Gasteiger partial charge in [-0.05, 0) is 51.0 Å². The Morgan fingerprint density at radius 1 is 1.18 bits per heavy atom. The molecule has 0 aromatic heterocycles. The van der Waals surface area contributed by atoms with E-state index in [1.165, 1.54) is 38.5 Å². The van der Waals surface area contributed by atoms with Crippen LogP contribution >= 0.6 is 0 Å². The van der Waals surface area contributed by atoms with E-state index in [2.05, 4.69) is 15.5 Å². The smallest absolute Gasteiger partial charge is 0.317 e. The highest BCUT2D eigenvalue weighted by Gasteiger charge is 2.31. The van der Waals surface area contributed by atoms with Crippen molar-refractivity contribution in [3.63, 3.8) is 0 Å². The van der Waals surface area contributed by atoms with Gasteiger partial charge in [0.1, 0.15) is 0 Å². The fourth-order valence-corrected chi connectivity index (χ4v) is 2.52. The molecule has 1 atom stereocenters. The lowest BCUT2D eigenvalue weighted by atomic mass is 10.2. The number of hydrogen-bond donors (Lipinski definition) is 2. The van der Waals surface area contributed by atoms with E-state index < -0.39 is 0 Å². The molecule has 1 unspecified atom stereocenters. The van der Waals surface area contributed by atoms with E-state index in [1.807, 2.05) is 0 Å². The van der Waals surface area contributed by atoms with Gasteiger partial charge in [-0.2, -0.15) is 0 Å². The van der Waals surface area contributed by atoms with Crippen LogP contribution in [-0.2, 0) is 0 Å². The molecule has 3 fully saturated rings. The van der Waals surface area contributed by atoms with Gasteiger partial charge in [-0.15, -0.1) is 0 Å². The first-order chi connectivity index (χ1) is 8.31. The Kier molecular flexibility index (Phi) is 3.23. The van der Waals surface area contributed by atoms with E-state index in [0.717, 1.165) is 25.6 Å². The first kappa shape index (κ1) is 11.3. The van der Waals surface area contributed by atoms with Gasteiger partial charge in [0.25, 0.3) is 0 Å². The minimum Gasteiger partial charge on any atom is -0.335 e. The molecule has 0 aromatic rings. The van der Waals surface area contributed by atoms with Crippen LogP contribution in [0.2, 0.25) is 0 Å². The normalized spacial score (nSPS) is 28.1. The van der Waals surface area contributed by atoms with Gasteiger partial charge in [-0.25, -0.2) is 4.79 Å². The minimum atomic E-state index is 0.174. The van der Waals surface area contributed by atoms with Gasteiger partial charge in [-0.3, -0.25) is 0 Å². The molecule has 0 aromatic carbocycles. The molecule has 3 rings (SSSR count). The quantitative estimate of drug-likeness (QED) is 0.757. The van der Waals surface area contributed by atoms with Crippen molar-refractivity contribution in [3.8, 4) is 0 Å². The van der Waals surface area contributed by atoms with Crippen LogP contribution in [0.4, 0.5) is 4.79 Å². The fraction of sp³-hybridized carbons (Fsp3) is 0.923. The standard InChI is InChI=1S/C13H23N3O/c17-13(15-11-5-6-11)16(8-10-3-4-10)9-12-2-1-7-14-12/h10-12,14H,1-9H2,(H,15,17). The SMILES string of the molecule is O=C(NC1CC1)N(CC1CC1)CC1CCCN1. The van der Waals surface area contributed by atoms with E-state index in [1.54, 1.807) is 0 Å². The van der Waals surface area contributed by atoms with Gasteiger partial charge < -0.3 is 15.5 Å². The molecule has 1 aliphatic heterocycles. The maximum atomic E-state index is 12.1. The highest BCUT2D eigenvalue weighted by molar-refractivity contribution is 5.75. The van der Waals surface area contributed by atoms with E-state index >= 15 is 0 Å². The Labute approximate surface area is 103 Å². The minimum absolute atomic E-state index is 0.174. The largest absolute Gasteiger partial charge is 0.335 e. The van der Waals surface area contributed by atoms with Crippen LogP contribution in [0.1, 0.15) is 38.5 Å². The summed E-state index contributed by atoms with van der Waals surface area (Å²) in [5.74, 6) is 0.779. The molecule has 96 valence electrons. The highest BCUT2D eigenvalue weighted by atomic mass is 16.2. The maximum Gasteiger partial charge on any atom is 0.317 e. The molecular formula is C13H23N3O. The zero-order valence-electron chi connectivity index (χ0n) is 10.5. The maximum absolute atomic E-state index is 12.1. The summed E-state index contributed by atoms with van der Waals surface area (Å²) in [6.45, 7) is 2.98. The second kappa shape index (κ2) is 4.84. The summed E-state index contributed by atoms with van der Waals surface area (Å²) in [6, 6.07) is 1.17. The van der Waals surface area contributed by atoms with E-state index in [0.29, 0.717) is 12.1 Å². The van der Waals surface area contributed by atoms with Crippen LogP contribution in [0.5, 0.6) is 0 Å². The van der Waals surface area contributed by atoms with Gasteiger partial charge in [-0.1, -0.05) is 0 Å². The Bertz CT molecular complexity index is 280. The second-order valence-electron chi connectivity index (χ2n) is 5.87. The van der Waals surface area contributed by atoms with Crippen LogP contribution in [-0.4, -0.2) is 42.6 Å². The van der Waals surface area contributed by atoms with Crippen molar-refractivity contribution in [2.45, 2.75) is 50.6 Å². The lowest BCUT2D eigenvalue weighted by molar-refractivity contribution is 0.189. The van der Waals surface area contributed by atoms with Crippen LogP contribution < -0.4 is 10.6 Å². The lowest BCUT2D eigenvalue weighted by Gasteiger charge is -2.26. The topological polar surface area (TPSA) is 44.4 Å². The average molecular weight is 237 g/mol. The predicted molar refractivity (Wildman–Crippen MR) is 66.9 cm³/mol. The number of urea groups is 1. The number of carbonyl (C=O) groups excluding carboxylic acids is 1. The molecule has 17 heavy (non-hydrogen) atoms. The molecule has 3 aliphatic rings. The zero-order chi connectivity index (χ0) is 11.7. The predicted octanol–water partition coefficient (Wildman–Crippen LogP) is 1.32.